The van der Waals surface area contributed by atoms with Crippen molar-refractivity contribution in [2.75, 3.05) is 72.5 Å². The Bertz CT molecular complexity index is 582. The van der Waals surface area contributed by atoms with Gasteiger partial charge in [0.15, 0.2) is 6.23 Å². The van der Waals surface area contributed by atoms with Gasteiger partial charge in [-0.3, -0.25) is 19.5 Å². The lowest BCUT2D eigenvalue weighted by Gasteiger charge is -2.43. The third-order valence-corrected chi connectivity index (χ3v) is 6.75. The summed E-state index contributed by atoms with van der Waals surface area (Å²) in [5.74, 6) is -0.749. The van der Waals surface area contributed by atoms with E-state index in [1.54, 1.807) is 11.9 Å². The summed E-state index contributed by atoms with van der Waals surface area (Å²) >= 11 is 0. The van der Waals surface area contributed by atoms with E-state index in [4.69, 9.17) is 9.84 Å². The molecule has 3 fully saturated rings. The molecule has 3 rings (SSSR count). The van der Waals surface area contributed by atoms with Gasteiger partial charge in [0, 0.05) is 71.5 Å². The number of hydrogen-bond acceptors (Lipinski definition) is 7. The molecule has 3 heterocycles. The van der Waals surface area contributed by atoms with Gasteiger partial charge < -0.3 is 19.6 Å². The van der Waals surface area contributed by atoms with Gasteiger partial charge in [0.1, 0.15) is 0 Å². The quantitative estimate of drug-likeness (QED) is 0.577. The van der Waals surface area contributed by atoms with Gasteiger partial charge in [-0.15, -0.1) is 0 Å². The first kappa shape index (κ1) is 23.2. The fraction of sp³-hybridized carbons (Fsp3) is 0.905. The first-order valence-corrected chi connectivity index (χ1v) is 11.4. The number of likely N-dealkylation sites (N-methyl/N-ethyl adjacent to an activating group) is 1. The molecule has 0 aromatic rings. The van der Waals surface area contributed by atoms with Gasteiger partial charge in [-0.05, 0) is 33.2 Å². The van der Waals surface area contributed by atoms with Crippen molar-refractivity contribution in [1.82, 2.24) is 24.5 Å². The summed E-state index contributed by atoms with van der Waals surface area (Å²) in [5, 5.41) is 9.02. The SMILES string of the molecule is CC(C)N1CCN(CCCC2CN(CCC(=O)O)CCN2C2CN(C)C(=O)O2)CC1. The molecule has 0 aromatic heterocycles. The Morgan fingerprint density at radius 2 is 1.77 bits per heavy atom. The molecule has 0 bridgehead atoms. The minimum atomic E-state index is -0.749. The lowest BCUT2D eigenvalue weighted by molar-refractivity contribution is -0.137. The average molecular weight is 426 g/mol. The lowest BCUT2D eigenvalue weighted by atomic mass is 10.0. The molecule has 0 aliphatic carbocycles. The van der Waals surface area contributed by atoms with Crippen molar-refractivity contribution in [3.8, 4) is 0 Å². The monoisotopic (exact) mass is 425 g/mol. The second kappa shape index (κ2) is 10.7. The summed E-state index contributed by atoms with van der Waals surface area (Å²) in [6.07, 6.45) is 1.87. The van der Waals surface area contributed by atoms with Crippen LogP contribution >= 0.6 is 0 Å². The molecule has 3 saturated heterocycles. The van der Waals surface area contributed by atoms with Gasteiger partial charge in [-0.1, -0.05) is 0 Å². The summed E-state index contributed by atoms with van der Waals surface area (Å²) < 4.78 is 5.59. The van der Waals surface area contributed by atoms with E-state index in [0.29, 0.717) is 19.1 Å². The number of aliphatic carboxylic acids is 1. The number of carbonyl (C=O) groups excluding carboxylic acids is 1. The van der Waals surface area contributed by atoms with Crippen LogP contribution < -0.4 is 0 Å². The largest absolute Gasteiger partial charge is 0.481 e. The predicted molar refractivity (Wildman–Crippen MR) is 114 cm³/mol. The summed E-state index contributed by atoms with van der Waals surface area (Å²) in [7, 11) is 1.78. The molecule has 2 unspecified atom stereocenters. The zero-order valence-corrected chi connectivity index (χ0v) is 18.8. The van der Waals surface area contributed by atoms with Crippen LogP contribution in [0.1, 0.15) is 33.1 Å². The number of carboxylic acids is 1. The molecule has 9 nitrogen and oxygen atoms in total. The van der Waals surface area contributed by atoms with Crippen molar-refractivity contribution in [1.29, 1.82) is 0 Å². The van der Waals surface area contributed by atoms with Gasteiger partial charge in [0.25, 0.3) is 0 Å². The average Bonchev–Trinajstić information content (AvgIpc) is 3.05. The first-order valence-electron chi connectivity index (χ1n) is 11.4. The van der Waals surface area contributed by atoms with Crippen LogP contribution in [0.5, 0.6) is 0 Å². The second-order valence-electron chi connectivity index (χ2n) is 9.17. The zero-order chi connectivity index (χ0) is 21.7. The molecule has 0 saturated carbocycles. The molecular formula is C21H39N5O4. The lowest BCUT2D eigenvalue weighted by Crippen LogP contribution is -2.57. The number of carboxylic acid groups (broad SMARTS) is 1. The van der Waals surface area contributed by atoms with Crippen LogP contribution in [0.3, 0.4) is 0 Å². The molecule has 3 aliphatic rings. The Morgan fingerprint density at radius 1 is 1.07 bits per heavy atom. The van der Waals surface area contributed by atoms with Crippen molar-refractivity contribution in [2.24, 2.45) is 0 Å². The van der Waals surface area contributed by atoms with E-state index in [0.717, 1.165) is 65.2 Å². The van der Waals surface area contributed by atoms with E-state index < -0.39 is 5.97 Å². The van der Waals surface area contributed by atoms with Crippen LogP contribution in [-0.4, -0.2) is 132 Å². The third kappa shape index (κ3) is 6.29. The van der Waals surface area contributed by atoms with Gasteiger partial charge in [0.05, 0.1) is 13.0 Å². The molecule has 1 N–H and O–H groups in total. The van der Waals surface area contributed by atoms with Crippen LogP contribution in [0, 0.1) is 0 Å². The molecular weight excluding hydrogens is 386 g/mol. The fourth-order valence-corrected chi connectivity index (χ4v) is 4.81. The van der Waals surface area contributed by atoms with Crippen LogP contribution in [0.2, 0.25) is 0 Å². The first-order chi connectivity index (χ1) is 14.3. The van der Waals surface area contributed by atoms with E-state index in [1.165, 1.54) is 0 Å². The van der Waals surface area contributed by atoms with E-state index in [1.807, 2.05) is 0 Å². The minimum Gasteiger partial charge on any atom is -0.481 e. The molecule has 0 aromatic carbocycles. The van der Waals surface area contributed by atoms with Crippen molar-refractivity contribution in [3.05, 3.63) is 0 Å². The molecule has 9 heteroatoms. The molecule has 30 heavy (non-hydrogen) atoms. The smallest absolute Gasteiger partial charge is 0.411 e. The van der Waals surface area contributed by atoms with Crippen molar-refractivity contribution in [2.45, 2.75) is 51.4 Å². The molecule has 3 aliphatic heterocycles. The number of rotatable bonds is 9. The van der Waals surface area contributed by atoms with E-state index >= 15 is 0 Å². The predicted octanol–water partition coefficient (Wildman–Crippen LogP) is 0.662. The minimum absolute atomic E-state index is 0.175. The zero-order valence-electron chi connectivity index (χ0n) is 18.8. The topological polar surface area (TPSA) is 79.8 Å². The van der Waals surface area contributed by atoms with Crippen LogP contribution in [-0.2, 0) is 9.53 Å². The Hall–Kier alpha value is -1.42. The van der Waals surface area contributed by atoms with Crippen LogP contribution in [0.4, 0.5) is 4.79 Å². The Balaban J connectivity index is 1.50. The third-order valence-electron chi connectivity index (χ3n) is 6.75. The highest BCUT2D eigenvalue weighted by atomic mass is 16.6. The fourth-order valence-electron chi connectivity index (χ4n) is 4.81. The number of carbonyl (C=O) groups is 2. The van der Waals surface area contributed by atoms with Gasteiger partial charge in [0.2, 0.25) is 0 Å². The normalized spacial score (nSPS) is 27.7. The maximum absolute atomic E-state index is 11.9. The van der Waals surface area contributed by atoms with Gasteiger partial charge >= 0.3 is 12.1 Å². The Kier molecular flexibility index (Phi) is 8.33. The number of piperazine rings is 2. The Morgan fingerprint density at radius 3 is 2.37 bits per heavy atom. The molecule has 172 valence electrons. The molecule has 0 spiro atoms. The van der Waals surface area contributed by atoms with E-state index in [-0.39, 0.29) is 24.8 Å². The standard InChI is InChI=1S/C21H39N5O4/c1-17(2)25-12-9-23(10-13-25)7-4-5-18-15-24(8-6-20(27)28)11-14-26(18)19-16-22(3)21(29)30-19/h17-19H,4-16H2,1-3H3,(H,27,28). The maximum atomic E-state index is 11.9. The second-order valence-corrected chi connectivity index (χ2v) is 9.17. The van der Waals surface area contributed by atoms with Gasteiger partial charge in [-0.2, -0.15) is 0 Å². The summed E-state index contributed by atoms with van der Waals surface area (Å²) in [6, 6.07) is 0.904. The summed E-state index contributed by atoms with van der Waals surface area (Å²) in [5.41, 5.74) is 0. The summed E-state index contributed by atoms with van der Waals surface area (Å²) in [4.78, 5) is 34.1. The van der Waals surface area contributed by atoms with Crippen molar-refractivity contribution >= 4 is 12.1 Å². The number of amides is 1. The number of ether oxygens (including phenoxy) is 1. The van der Waals surface area contributed by atoms with Crippen molar-refractivity contribution in [3.63, 3.8) is 0 Å². The van der Waals surface area contributed by atoms with E-state index in [2.05, 4.69) is 33.4 Å². The van der Waals surface area contributed by atoms with Crippen LogP contribution in [0.25, 0.3) is 0 Å². The molecule has 2 atom stereocenters. The Labute approximate surface area is 180 Å². The van der Waals surface area contributed by atoms with E-state index in [9.17, 15) is 9.59 Å². The van der Waals surface area contributed by atoms with Crippen molar-refractivity contribution < 1.29 is 19.4 Å². The number of nitrogens with zero attached hydrogens (tertiary/aromatic N) is 5. The van der Waals surface area contributed by atoms with Crippen LogP contribution in [0.15, 0.2) is 0 Å². The summed E-state index contributed by atoms with van der Waals surface area (Å²) in [6.45, 7) is 13.8. The number of hydrogen-bond donors (Lipinski definition) is 1. The number of cyclic esters (lactones) is 1. The highest BCUT2D eigenvalue weighted by Gasteiger charge is 2.39. The molecule has 1 amide bonds. The highest BCUT2D eigenvalue weighted by molar-refractivity contribution is 5.69. The van der Waals surface area contributed by atoms with Gasteiger partial charge in [-0.25, -0.2) is 4.79 Å². The molecule has 0 radical (unpaired) electrons. The highest BCUT2D eigenvalue weighted by Crippen LogP contribution is 2.23. The maximum Gasteiger partial charge on any atom is 0.411 e.